The average Bonchev–Trinajstić information content (AvgIpc) is 4.00. The van der Waals surface area contributed by atoms with Gasteiger partial charge in [-0.25, -0.2) is 0 Å². The van der Waals surface area contributed by atoms with Crippen molar-refractivity contribution in [3.05, 3.63) is 242 Å². The third kappa shape index (κ3) is 5.90. The molecule has 0 saturated heterocycles. The third-order valence-electron chi connectivity index (χ3n) is 14.0. The van der Waals surface area contributed by atoms with Crippen molar-refractivity contribution in [3.8, 4) is 50.2 Å². The second-order valence-corrected chi connectivity index (χ2v) is 18.1. The molecule has 0 aliphatic heterocycles. The van der Waals surface area contributed by atoms with Crippen molar-refractivity contribution in [2.75, 3.05) is 4.90 Å². The Morgan fingerprint density at radius 1 is 0.379 bits per heavy atom. The van der Waals surface area contributed by atoms with Gasteiger partial charge in [-0.2, -0.15) is 0 Å². The Bertz CT molecular complexity index is 3820. The predicted octanol–water partition coefficient (Wildman–Crippen LogP) is 17.5. The Kier molecular flexibility index (Phi) is 8.56. The molecule has 2 heterocycles. The van der Waals surface area contributed by atoms with Gasteiger partial charge in [-0.05, 0) is 129 Å². The van der Waals surface area contributed by atoms with Gasteiger partial charge in [0.1, 0.15) is 11.2 Å². The van der Waals surface area contributed by atoms with Crippen molar-refractivity contribution in [3.63, 3.8) is 0 Å². The van der Waals surface area contributed by atoms with E-state index in [-0.39, 0.29) is 5.41 Å². The van der Waals surface area contributed by atoms with Crippen molar-refractivity contribution in [2.24, 2.45) is 0 Å². The number of anilines is 3. The van der Waals surface area contributed by atoms with Crippen LogP contribution in [0, 0.1) is 0 Å². The molecule has 312 valence electrons. The molecule has 1 aliphatic carbocycles. The number of furan rings is 1. The highest BCUT2D eigenvalue weighted by molar-refractivity contribution is 6.20. The van der Waals surface area contributed by atoms with E-state index in [2.05, 4.69) is 254 Å². The molecule has 2 aromatic heterocycles. The number of hydrogen-bond acceptors (Lipinski definition) is 2. The zero-order valence-electron chi connectivity index (χ0n) is 36.7. The molecule has 0 unspecified atom stereocenters. The number of para-hydroxylation sites is 3. The lowest BCUT2D eigenvalue weighted by Crippen LogP contribution is -2.16. The number of aromatic nitrogens is 1. The first-order chi connectivity index (χ1) is 32.5. The van der Waals surface area contributed by atoms with Gasteiger partial charge in [-0.15, -0.1) is 0 Å². The van der Waals surface area contributed by atoms with Crippen molar-refractivity contribution >= 4 is 60.8 Å². The lowest BCUT2D eigenvalue weighted by molar-refractivity contribution is 0.660. The molecule has 12 aromatic rings. The molecule has 0 fully saturated rings. The molecule has 66 heavy (non-hydrogen) atoms. The van der Waals surface area contributed by atoms with Gasteiger partial charge in [0.15, 0.2) is 0 Å². The molecule has 0 bridgehead atoms. The van der Waals surface area contributed by atoms with Gasteiger partial charge in [-0.1, -0.05) is 166 Å². The molecule has 0 N–H and O–H groups in total. The topological polar surface area (TPSA) is 21.3 Å². The Morgan fingerprint density at radius 2 is 0.955 bits per heavy atom. The van der Waals surface area contributed by atoms with Crippen LogP contribution in [0.25, 0.3) is 93.9 Å². The maximum Gasteiger partial charge on any atom is 0.143 e. The molecule has 0 saturated carbocycles. The smallest absolute Gasteiger partial charge is 0.143 e. The largest absolute Gasteiger partial charge is 0.455 e. The van der Waals surface area contributed by atoms with E-state index in [1.165, 1.54) is 49.7 Å². The van der Waals surface area contributed by atoms with Gasteiger partial charge in [0.25, 0.3) is 0 Å². The summed E-state index contributed by atoms with van der Waals surface area (Å²) in [5.74, 6) is 0. The van der Waals surface area contributed by atoms with Gasteiger partial charge in [0, 0.05) is 55.3 Å². The standard InChI is InChI=1S/C63H44N2O/c1-63(2)56-24-12-9-20-49(56)50-37-36-48(40-57(50)63)64(46-32-28-42(29-33-46)41-16-5-3-6-17-41)47-34-30-43(31-35-47)44-38-54-51-21-11-14-27-60(51)66-62(54)55(39-44)52-23-15-26-59-61(52)53-22-10-13-25-58(53)65(59)45-18-7-4-8-19-45/h3-40H,1-2H3. The summed E-state index contributed by atoms with van der Waals surface area (Å²) in [5.41, 5.74) is 20.7. The SMILES string of the molecule is CC1(C)c2ccccc2-c2ccc(N(c3ccc(-c4ccccc4)cc3)c3ccc(-c4cc(-c5cccc6c5c5ccccc5n6-c5ccccc5)c5oc6ccccc6c5c4)cc3)cc21. The minimum absolute atomic E-state index is 0.122. The average molecular weight is 845 g/mol. The summed E-state index contributed by atoms with van der Waals surface area (Å²) in [6.45, 7) is 4.70. The summed E-state index contributed by atoms with van der Waals surface area (Å²) in [7, 11) is 0. The highest BCUT2D eigenvalue weighted by Gasteiger charge is 2.36. The van der Waals surface area contributed by atoms with Crippen molar-refractivity contribution < 1.29 is 4.42 Å². The first-order valence-corrected chi connectivity index (χ1v) is 22.8. The fourth-order valence-corrected chi connectivity index (χ4v) is 10.8. The normalized spacial score (nSPS) is 12.8. The van der Waals surface area contributed by atoms with Crippen LogP contribution in [0.5, 0.6) is 0 Å². The molecule has 3 nitrogen and oxygen atoms in total. The van der Waals surface area contributed by atoms with E-state index in [9.17, 15) is 0 Å². The number of benzene rings is 10. The molecular weight excluding hydrogens is 801 g/mol. The van der Waals surface area contributed by atoms with Crippen LogP contribution in [0.4, 0.5) is 17.1 Å². The Balaban J connectivity index is 0.972. The van der Waals surface area contributed by atoms with Gasteiger partial charge in [0.05, 0.1) is 11.0 Å². The number of fused-ring (bicyclic) bond motifs is 9. The summed E-state index contributed by atoms with van der Waals surface area (Å²) in [6, 6.07) is 83.8. The van der Waals surface area contributed by atoms with Crippen LogP contribution in [-0.4, -0.2) is 4.57 Å². The monoisotopic (exact) mass is 844 g/mol. The van der Waals surface area contributed by atoms with E-state index in [1.54, 1.807) is 0 Å². The van der Waals surface area contributed by atoms with Crippen LogP contribution in [0.15, 0.2) is 235 Å². The zero-order chi connectivity index (χ0) is 43.9. The molecule has 0 radical (unpaired) electrons. The van der Waals surface area contributed by atoms with Crippen molar-refractivity contribution in [1.82, 2.24) is 4.57 Å². The summed E-state index contributed by atoms with van der Waals surface area (Å²) >= 11 is 0. The van der Waals surface area contributed by atoms with Gasteiger partial charge in [-0.3, -0.25) is 0 Å². The summed E-state index contributed by atoms with van der Waals surface area (Å²) in [5, 5.41) is 4.63. The van der Waals surface area contributed by atoms with Crippen LogP contribution < -0.4 is 4.90 Å². The molecule has 13 rings (SSSR count). The fourth-order valence-electron chi connectivity index (χ4n) is 10.8. The number of rotatable bonds is 7. The maximum atomic E-state index is 6.82. The second kappa shape index (κ2) is 14.8. The lowest BCUT2D eigenvalue weighted by atomic mass is 9.82. The zero-order valence-corrected chi connectivity index (χ0v) is 36.7. The molecule has 3 heteroatoms. The Hall–Kier alpha value is -8.40. The highest BCUT2D eigenvalue weighted by atomic mass is 16.3. The van der Waals surface area contributed by atoms with Crippen LogP contribution in [0.3, 0.4) is 0 Å². The maximum absolute atomic E-state index is 6.82. The third-order valence-corrected chi connectivity index (χ3v) is 14.0. The van der Waals surface area contributed by atoms with E-state index < -0.39 is 0 Å². The summed E-state index contributed by atoms with van der Waals surface area (Å²) in [4.78, 5) is 2.40. The van der Waals surface area contributed by atoms with Crippen molar-refractivity contribution in [2.45, 2.75) is 19.3 Å². The fraction of sp³-hybridized carbons (Fsp3) is 0.0476. The van der Waals surface area contributed by atoms with E-state index in [1.807, 2.05) is 0 Å². The van der Waals surface area contributed by atoms with Crippen LogP contribution in [0.2, 0.25) is 0 Å². The first kappa shape index (κ1) is 38.1. The summed E-state index contributed by atoms with van der Waals surface area (Å²) in [6.07, 6.45) is 0. The highest BCUT2D eigenvalue weighted by Crippen LogP contribution is 2.51. The van der Waals surface area contributed by atoms with Crippen LogP contribution in [0.1, 0.15) is 25.0 Å². The van der Waals surface area contributed by atoms with Crippen LogP contribution in [-0.2, 0) is 5.41 Å². The second-order valence-electron chi connectivity index (χ2n) is 18.1. The minimum atomic E-state index is -0.122. The van der Waals surface area contributed by atoms with E-state index in [4.69, 9.17) is 4.42 Å². The van der Waals surface area contributed by atoms with E-state index in [0.717, 1.165) is 72.5 Å². The first-order valence-electron chi connectivity index (χ1n) is 22.8. The Morgan fingerprint density at radius 3 is 1.73 bits per heavy atom. The predicted molar refractivity (Wildman–Crippen MR) is 277 cm³/mol. The van der Waals surface area contributed by atoms with Gasteiger partial charge >= 0.3 is 0 Å². The van der Waals surface area contributed by atoms with Gasteiger partial charge in [0.2, 0.25) is 0 Å². The van der Waals surface area contributed by atoms with E-state index in [0.29, 0.717) is 0 Å². The molecule has 0 atom stereocenters. The molecular formula is C63H44N2O. The minimum Gasteiger partial charge on any atom is -0.455 e. The summed E-state index contributed by atoms with van der Waals surface area (Å²) < 4.78 is 9.20. The van der Waals surface area contributed by atoms with Crippen LogP contribution >= 0.6 is 0 Å². The lowest BCUT2D eigenvalue weighted by Gasteiger charge is -2.28. The molecule has 0 amide bonds. The van der Waals surface area contributed by atoms with Gasteiger partial charge < -0.3 is 13.9 Å². The number of hydrogen-bond donors (Lipinski definition) is 0. The molecule has 0 spiro atoms. The molecule has 10 aromatic carbocycles. The van der Waals surface area contributed by atoms with E-state index >= 15 is 0 Å². The quantitative estimate of drug-likeness (QED) is 0.159. The number of nitrogens with zero attached hydrogens (tertiary/aromatic N) is 2. The Labute approximate surface area is 384 Å². The molecule has 1 aliphatic rings. The van der Waals surface area contributed by atoms with Crippen molar-refractivity contribution in [1.29, 1.82) is 0 Å².